The van der Waals surface area contributed by atoms with E-state index >= 15 is 0 Å². The van der Waals surface area contributed by atoms with E-state index in [0.29, 0.717) is 4.47 Å². The quantitative estimate of drug-likeness (QED) is 0.505. The van der Waals surface area contributed by atoms with Crippen LogP contribution < -0.4 is 3.61 Å². The summed E-state index contributed by atoms with van der Waals surface area (Å²) in [6.45, 7) is 0. The number of fused-ring (bicyclic) bond motifs is 1. The van der Waals surface area contributed by atoms with Gasteiger partial charge in [-0.05, 0) is 0 Å². The van der Waals surface area contributed by atoms with Crippen LogP contribution in [0.2, 0.25) is 4.47 Å². The van der Waals surface area contributed by atoms with Gasteiger partial charge in [-0.2, -0.15) is 0 Å². The molecule has 0 bridgehead atoms. The van der Waals surface area contributed by atoms with Crippen molar-refractivity contribution in [3.05, 3.63) is 78.4 Å². The van der Waals surface area contributed by atoms with Crippen molar-refractivity contribution in [3.63, 3.8) is 0 Å². The zero-order valence-corrected chi connectivity index (χ0v) is 13.3. The molecule has 0 aliphatic rings. The Morgan fingerprint density at radius 1 is 0.800 bits per heavy atom. The fourth-order valence-electron chi connectivity index (χ4n) is 2.17. The molecular weight excluding hydrogens is 360 g/mol. The van der Waals surface area contributed by atoms with Crippen LogP contribution >= 0.6 is 0 Å². The van der Waals surface area contributed by atoms with Crippen molar-refractivity contribution in [3.8, 4) is 0 Å². The number of hydrogen-bond acceptors (Lipinski definition) is 1. The summed E-state index contributed by atoms with van der Waals surface area (Å²) in [5.41, 5.74) is 0.831. The monoisotopic (exact) mass is 376 g/mol. The van der Waals surface area contributed by atoms with Crippen LogP contribution in [0.4, 0.5) is 0 Å². The van der Waals surface area contributed by atoms with Crippen LogP contribution in [-0.2, 0) is 0 Å². The number of carbonyl (C=O) groups excluding carboxylic acids is 1. The average molecular weight is 374 g/mol. The van der Waals surface area contributed by atoms with Gasteiger partial charge in [0.1, 0.15) is 0 Å². The van der Waals surface area contributed by atoms with E-state index in [1.807, 2.05) is 30.3 Å². The second-order valence-corrected chi connectivity index (χ2v) is 7.46. The Bertz CT molecular complexity index is 729. The summed E-state index contributed by atoms with van der Waals surface area (Å²) in [5, 5.41) is 2.57. The van der Waals surface area contributed by atoms with E-state index in [2.05, 4.69) is 42.5 Å². The molecule has 2 heteroatoms. The van der Waals surface area contributed by atoms with Gasteiger partial charge in [0.05, 0.1) is 0 Å². The molecule has 0 aliphatic carbocycles. The normalized spacial score (nSPS) is 10.6. The number of benzene rings is 3. The number of carbonyl (C=O) groups is 1. The molecule has 0 unspecified atom stereocenters. The molecular formula is C18H14OTe. The fraction of sp³-hybridized carbons (Fsp3) is 0.0556. The summed E-state index contributed by atoms with van der Waals surface area (Å²) in [4.78, 5) is 12.2. The summed E-state index contributed by atoms with van der Waals surface area (Å²) < 4.78 is 2.06. The zero-order chi connectivity index (χ0) is 13.8. The molecule has 0 spiro atoms. The van der Waals surface area contributed by atoms with E-state index in [4.69, 9.17) is 0 Å². The van der Waals surface area contributed by atoms with E-state index < -0.39 is 20.9 Å². The Labute approximate surface area is 128 Å². The van der Waals surface area contributed by atoms with Crippen molar-refractivity contribution in [2.24, 2.45) is 0 Å². The van der Waals surface area contributed by atoms with Gasteiger partial charge in [-0.3, -0.25) is 0 Å². The van der Waals surface area contributed by atoms with Gasteiger partial charge in [-0.25, -0.2) is 0 Å². The van der Waals surface area contributed by atoms with Gasteiger partial charge in [-0.1, -0.05) is 0 Å². The minimum atomic E-state index is -0.487. The van der Waals surface area contributed by atoms with E-state index in [1.165, 1.54) is 14.4 Å². The van der Waals surface area contributed by atoms with Gasteiger partial charge in [0.2, 0.25) is 0 Å². The molecule has 0 heterocycles. The molecule has 3 aromatic carbocycles. The van der Waals surface area contributed by atoms with Crippen LogP contribution in [-0.4, -0.2) is 26.7 Å². The van der Waals surface area contributed by atoms with Crippen LogP contribution in [0.25, 0.3) is 10.8 Å². The Balaban J connectivity index is 1.79. The molecule has 0 radical (unpaired) electrons. The molecule has 0 aliphatic heterocycles. The first-order valence-electron chi connectivity index (χ1n) is 6.53. The Morgan fingerprint density at radius 3 is 2.35 bits per heavy atom. The predicted octanol–water partition coefficient (Wildman–Crippen LogP) is 3.47. The molecule has 0 saturated heterocycles. The molecule has 0 amide bonds. The summed E-state index contributed by atoms with van der Waals surface area (Å²) >= 11 is -0.487. The molecule has 0 N–H and O–H groups in total. The van der Waals surface area contributed by atoms with Crippen molar-refractivity contribution in [2.75, 3.05) is 0 Å². The maximum absolute atomic E-state index is 12.2. The number of hydrogen-bond donors (Lipinski definition) is 0. The van der Waals surface area contributed by atoms with Gasteiger partial charge in [0.25, 0.3) is 0 Å². The van der Waals surface area contributed by atoms with Crippen LogP contribution in [0.15, 0.2) is 72.8 Å². The number of ketones is 1. The summed E-state index contributed by atoms with van der Waals surface area (Å²) in [6, 6.07) is 24.4. The Hall–Kier alpha value is -1.62. The molecule has 0 aromatic heterocycles. The summed E-state index contributed by atoms with van der Waals surface area (Å²) in [7, 11) is 0. The van der Waals surface area contributed by atoms with Gasteiger partial charge < -0.3 is 0 Å². The first-order valence-corrected chi connectivity index (χ1v) is 9.35. The molecule has 98 valence electrons. The van der Waals surface area contributed by atoms with Gasteiger partial charge in [0, 0.05) is 0 Å². The molecule has 0 atom stereocenters. The van der Waals surface area contributed by atoms with Crippen molar-refractivity contribution < 1.29 is 4.79 Å². The van der Waals surface area contributed by atoms with Gasteiger partial charge in [-0.15, -0.1) is 0 Å². The third-order valence-corrected chi connectivity index (χ3v) is 6.27. The molecule has 1 nitrogen and oxygen atoms in total. The average Bonchev–Trinajstić information content (AvgIpc) is 2.53. The third-order valence-electron chi connectivity index (χ3n) is 3.20. The predicted molar refractivity (Wildman–Crippen MR) is 84.9 cm³/mol. The van der Waals surface area contributed by atoms with Crippen molar-refractivity contribution >= 4 is 41.1 Å². The van der Waals surface area contributed by atoms with E-state index in [0.717, 1.165) is 5.56 Å². The van der Waals surface area contributed by atoms with E-state index in [1.54, 1.807) is 0 Å². The topological polar surface area (TPSA) is 17.1 Å². The van der Waals surface area contributed by atoms with Crippen molar-refractivity contribution in [1.82, 2.24) is 0 Å². The van der Waals surface area contributed by atoms with Crippen LogP contribution in [0, 0.1) is 0 Å². The minimum absolute atomic E-state index is 0.265. The van der Waals surface area contributed by atoms with Crippen molar-refractivity contribution in [1.29, 1.82) is 0 Å². The molecule has 0 saturated carbocycles. The molecule has 3 aromatic rings. The standard InChI is InChI=1S/C18H14OTe/c19-17(15-8-2-1-3-9-15)13-20-18-12-6-10-14-7-4-5-11-16(14)18/h1-12H,13H2. The van der Waals surface area contributed by atoms with Gasteiger partial charge >= 0.3 is 129 Å². The van der Waals surface area contributed by atoms with Gasteiger partial charge in [0.15, 0.2) is 0 Å². The molecule has 3 rings (SSSR count). The van der Waals surface area contributed by atoms with Crippen LogP contribution in [0.1, 0.15) is 10.4 Å². The van der Waals surface area contributed by atoms with Crippen molar-refractivity contribution in [2.45, 2.75) is 4.47 Å². The van der Waals surface area contributed by atoms with E-state index in [-0.39, 0.29) is 5.78 Å². The first kappa shape index (κ1) is 13.4. The summed E-state index contributed by atoms with van der Waals surface area (Å²) in [6.07, 6.45) is 0. The third kappa shape index (κ3) is 2.93. The van der Waals surface area contributed by atoms with Crippen LogP contribution in [0.5, 0.6) is 0 Å². The Morgan fingerprint density at radius 2 is 1.50 bits per heavy atom. The molecule has 20 heavy (non-hydrogen) atoms. The second kappa shape index (κ2) is 6.22. The Kier molecular flexibility index (Phi) is 4.16. The number of Topliss-reactive ketones (excluding diaryl/α,β-unsaturated/α-hetero) is 1. The number of rotatable bonds is 4. The van der Waals surface area contributed by atoms with E-state index in [9.17, 15) is 4.79 Å². The fourth-order valence-corrected chi connectivity index (χ4v) is 4.94. The summed E-state index contributed by atoms with van der Waals surface area (Å²) in [5.74, 6) is 0.265. The first-order chi connectivity index (χ1) is 9.84. The SMILES string of the molecule is O=C(C[Te]c1cccc2ccccc12)c1ccccc1. The van der Waals surface area contributed by atoms with Crippen LogP contribution in [0.3, 0.4) is 0 Å². The molecule has 0 fully saturated rings. The maximum atomic E-state index is 12.2. The zero-order valence-electron chi connectivity index (χ0n) is 11.0. The second-order valence-electron chi connectivity index (χ2n) is 4.56.